The standard InChI is InChI=1S/C17H18N2O2/c1-21-14-6-4-13(5-7-14)15-9-16(15)17(20)19-11-12-3-2-8-18-10-12/h2-8,10,15-16H,9,11H2,1H3,(H,19,20). The highest BCUT2D eigenvalue weighted by Crippen LogP contribution is 2.47. The molecule has 0 radical (unpaired) electrons. The highest BCUT2D eigenvalue weighted by molar-refractivity contribution is 5.82. The Morgan fingerprint density at radius 1 is 1.33 bits per heavy atom. The molecule has 1 aliphatic carbocycles. The molecule has 1 aliphatic rings. The van der Waals surface area contributed by atoms with Crippen LogP contribution in [0.25, 0.3) is 0 Å². The van der Waals surface area contributed by atoms with Gasteiger partial charge < -0.3 is 10.1 Å². The van der Waals surface area contributed by atoms with Gasteiger partial charge in [0.15, 0.2) is 0 Å². The van der Waals surface area contributed by atoms with Crippen molar-refractivity contribution < 1.29 is 9.53 Å². The van der Waals surface area contributed by atoms with Crippen LogP contribution < -0.4 is 10.1 Å². The molecule has 3 rings (SSSR count). The maximum atomic E-state index is 12.1. The molecule has 2 unspecified atom stereocenters. The van der Waals surface area contributed by atoms with E-state index in [1.54, 1.807) is 19.5 Å². The molecule has 4 heteroatoms. The van der Waals surface area contributed by atoms with Gasteiger partial charge in [0.2, 0.25) is 5.91 Å². The maximum absolute atomic E-state index is 12.1. The molecule has 1 saturated carbocycles. The number of carbonyl (C=O) groups is 1. The molecule has 1 fully saturated rings. The number of nitrogens with zero attached hydrogens (tertiary/aromatic N) is 1. The number of carbonyl (C=O) groups excluding carboxylic acids is 1. The predicted molar refractivity (Wildman–Crippen MR) is 79.9 cm³/mol. The summed E-state index contributed by atoms with van der Waals surface area (Å²) in [5.41, 5.74) is 2.23. The lowest BCUT2D eigenvalue weighted by atomic mass is 10.1. The Morgan fingerprint density at radius 3 is 2.81 bits per heavy atom. The molecule has 1 aromatic carbocycles. The molecule has 108 valence electrons. The number of nitrogens with one attached hydrogen (secondary N) is 1. The molecule has 1 amide bonds. The number of aromatic nitrogens is 1. The smallest absolute Gasteiger partial charge is 0.224 e. The van der Waals surface area contributed by atoms with Crippen LogP contribution in [-0.2, 0) is 11.3 Å². The number of hydrogen-bond donors (Lipinski definition) is 1. The zero-order valence-corrected chi connectivity index (χ0v) is 12.0. The van der Waals surface area contributed by atoms with E-state index in [1.807, 2.05) is 36.4 Å². The first-order valence-electron chi connectivity index (χ1n) is 7.08. The van der Waals surface area contributed by atoms with Gasteiger partial charge >= 0.3 is 0 Å². The Balaban J connectivity index is 1.53. The van der Waals surface area contributed by atoms with Crippen LogP contribution in [0.4, 0.5) is 0 Å². The number of pyridine rings is 1. The van der Waals surface area contributed by atoms with Gasteiger partial charge in [-0.25, -0.2) is 0 Å². The van der Waals surface area contributed by atoms with Gasteiger partial charge in [0.05, 0.1) is 7.11 Å². The zero-order valence-electron chi connectivity index (χ0n) is 12.0. The van der Waals surface area contributed by atoms with Crippen molar-refractivity contribution in [3.8, 4) is 5.75 Å². The van der Waals surface area contributed by atoms with E-state index in [0.29, 0.717) is 12.5 Å². The van der Waals surface area contributed by atoms with Crippen LogP contribution in [0.15, 0.2) is 48.8 Å². The van der Waals surface area contributed by atoms with Crippen molar-refractivity contribution in [2.75, 3.05) is 7.11 Å². The van der Waals surface area contributed by atoms with Crippen LogP contribution in [0.1, 0.15) is 23.5 Å². The van der Waals surface area contributed by atoms with Gasteiger partial charge in [-0.3, -0.25) is 9.78 Å². The minimum atomic E-state index is 0.0927. The van der Waals surface area contributed by atoms with Crippen LogP contribution in [0, 0.1) is 5.92 Å². The largest absolute Gasteiger partial charge is 0.497 e. The first-order valence-corrected chi connectivity index (χ1v) is 7.08. The fraction of sp³-hybridized carbons (Fsp3) is 0.294. The molecule has 0 bridgehead atoms. The molecule has 21 heavy (non-hydrogen) atoms. The molecule has 4 nitrogen and oxygen atoms in total. The molecule has 2 atom stereocenters. The Kier molecular flexibility index (Phi) is 3.86. The molecule has 0 saturated heterocycles. The van der Waals surface area contributed by atoms with E-state index in [2.05, 4.69) is 10.3 Å². The van der Waals surface area contributed by atoms with Crippen LogP contribution in [0.5, 0.6) is 5.75 Å². The Labute approximate surface area is 124 Å². The van der Waals surface area contributed by atoms with Crippen molar-refractivity contribution in [3.63, 3.8) is 0 Å². The van der Waals surface area contributed by atoms with E-state index < -0.39 is 0 Å². The molecule has 1 N–H and O–H groups in total. The summed E-state index contributed by atoms with van der Waals surface area (Å²) in [6.45, 7) is 0.540. The average molecular weight is 282 g/mol. The summed E-state index contributed by atoms with van der Waals surface area (Å²) >= 11 is 0. The van der Waals surface area contributed by atoms with E-state index in [0.717, 1.165) is 17.7 Å². The summed E-state index contributed by atoms with van der Waals surface area (Å²) in [5, 5.41) is 2.98. The normalized spacial score (nSPS) is 19.9. The fourth-order valence-electron chi connectivity index (χ4n) is 2.53. The lowest BCUT2D eigenvalue weighted by molar-refractivity contribution is -0.122. The van der Waals surface area contributed by atoms with Crippen molar-refractivity contribution in [2.45, 2.75) is 18.9 Å². The van der Waals surface area contributed by atoms with E-state index >= 15 is 0 Å². The van der Waals surface area contributed by atoms with E-state index in [1.165, 1.54) is 5.56 Å². The van der Waals surface area contributed by atoms with Crippen molar-refractivity contribution >= 4 is 5.91 Å². The van der Waals surface area contributed by atoms with Gasteiger partial charge in [0, 0.05) is 24.9 Å². The third-order valence-corrected chi connectivity index (χ3v) is 3.86. The predicted octanol–water partition coefficient (Wildman–Crippen LogP) is 2.51. The van der Waals surface area contributed by atoms with Gasteiger partial charge in [0.25, 0.3) is 0 Å². The first kappa shape index (κ1) is 13.6. The van der Waals surface area contributed by atoms with Crippen LogP contribution in [-0.4, -0.2) is 18.0 Å². The summed E-state index contributed by atoms with van der Waals surface area (Å²) in [4.78, 5) is 16.2. The number of rotatable bonds is 5. The van der Waals surface area contributed by atoms with Gasteiger partial charge in [-0.2, -0.15) is 0 Å². The topological polar surface area (TPSA) is 51.2 Å². The van der Waals surface area contributed by atoms with Crippen molar-refractivity contribution in [2.24, 2.45) is 5.92 Å². The molecule has 2 aromatic rings. The lowest BCUT2D eigenvalue weighted by Gasteiger charge is -2.05. The monoisotopic (exact) mass is 282 g/mol. The highest BCUT2D eigenvalue weighted by atomic mass is 16.5. The van der Waals surface area contributed by atoms with Crippen molar-refractivity contribution in [1.82, 2.24) is 10.3 Å². The zero-order chi connectivity index (χ0) is 14.7. The molecular formula is C17H18N2O2. The molecule has 1 aromatic heterocycles. The number of benzene rings is 1. The summed E-state index contributed by atoms with van der Waals surface area (Å²) in [7, 11) is 1.65. The average Bonchev–Trinajstić information content (AvgIpc) is 3.34. The second-order valence-electron chi connectivity index (χ2n) is 5.30. The fourth-order valence-corrected chi connectivity index (χ4v) is 2.53. The second-order valence-corrected chi connectivity index (χ2v) is 5.30. The number of hydrogen-bond acceptors (Lipinski definition) is 3. The van der Waals surface area contributed by atoms with E-state index in [4.69, 9.17) is 4.74 Å². The quantitative estimate of drug-likeness (QED) is 0.916. The third-order valence-electron chi connectivity index (χ3n) is 3.86. The van der Waals surface area contributed by atoms with Crippen LogP contribution in [0.2, 0.25) is 0 Å². The summed E-state index contributed by atoms with van der Waals surface area (Å²) in [6.07, 6.45) is 4.42. The molecule has 0 spiro atoms. The highest BCUT2D eigenvalue weighted by Gasteiger charge is 2.43. The molecule has 0 aliphatic heterocycles. The van der Waals surface area contributed by atoms with E-state index in [-0.39, 0.29) is 11.8 Å². The van der Waals surface area contributed by atoms with Gasteiger partial charge in [-0.05, 0) is 41.7 Å². The summed E-state index contributed by atoms with van der Waals surface area (Å²) < 4.78 is 5.15. The summed E-state index contributed by atoms with van der Waals surface area (Å²) in [6, 6.07) is 11.8. The van der Waals surface area contributed by atoms with Crippen molar-refractivity contribution in [1.29, 1.82) is 0 Å². The van der Waals surface area contributed by atoms with Gasteiger partial charge in [0.1, 0.15) is 5.75 Å². The SMILES string of the molecule is COc1ccc(C2CC2C(=O)NCc2cccnc2)cc1. The number of amides is 1. The Hall–Kier alpha value is -2.36. The van der Waals surface area contributed by atoms with Crippen LogP contribution in [0.3, 0.4) is 0 Å². The summed E-state index contributed by atoms with van der Waals surface area (Å²) in [5.74, 6) is 1.40. The third kappa shape index (κ3) is 3.21. The maximum Gasteiger partial charge on any atom is 0.224 e. The second kappa shape index (κ2) is 5.95. The first-order chi connectivity index (χ1) is 10.3. The van der Waals surface area contributed by atoms with Gasteiger partial charge in [-0.15, -0.1) is 0 Å². The minimum Gasteiger partial charge on any atom is -0.497 e. The van der Waals surface area contributed by atoms with Crippen molar-refractivity contribution in [3.05, 3.63) is 59.9 Å². The Bertz CT molecular complexity index is 610. The number of methoxy groups -OCH3 is 1. The van der Waals surface area contributed by atoms with Crippen LogP contribution >= 0.6 is 0 Å². The number of ether oxygens (including phenoxy) is 1. The molecular weight excluding hydrogens is 264 g/mol. The lowest BCUT2D eigenvalue weighted by Crippen LogP contribution is -2.24. The molecule has 1 heterocycles. The Morgan fingerprint density at radius 2 is 2.14 bits per heavy atom. The van der Waals surface area contributed by atoms with E-state index in [9.17, 15) is 4.79 Å². The van der Waals surface area contributed by atoms with Gasteiger partial charge in [-0.1, -0.05) is 18.2 Å². The minimum absolute atomic E-state index is 0.0927.